The van der Waals surface area contributed by atoms with Gasteiger partial charge in [-0.05, 0) is 28.1 Å². The zero-order valence-corrected chi connectivity index (χ0v) is 13.9. The van der Waals surface area contributed by atoms with Crippen LogP contribution in [0.5, 0.6) is 5.75 Å². The second-order valence-corrected chi connectivity index (χ2v) is 6.81. The fourth-order valence-electron chi connectivity index (χ4n) is 1.48. The summed E-state index contributed by atoms with van der Waals surface area (Å²) >= 11 is 8.95. The Labute approximate surface area is 135 Å². The Morgan fingerprint density at radius 2 is 2.24 bits per heavy atom. The molecule has 0 heterocycles. The first-order chi connectivity index (χ1) is 9.72. The first kappa shape index (κ1) is 17.8. The van der Waals surface area contributed by atoms with Gasteiger partial charge in [0.15, 0.2) is 5.75 Å². The average Bonchev–Trinajstić information content (AvgIpc) is 2.37. The highest BCUT2D eigenvalue weighted by Gasteiger charge is 2.28. The summed E-state index contributed by atoms with van der Waals surface area (Å²) in [6.45, 7) is 0. The van der Waals surface area contributed by atoms with Crippen molar-refractivity contribution in [1.82, 2.24) is 4.72 Å². The smallest absolute Gasteiger partial charge is 0.322 e. The zero-order valence-electron chi connectivity index (χ0n) is 10.8. The number of benzene rings is 1. The van der Waals surface area contributed by atoms with Crippen molar-refractivity contribution in [3.05, 3.63) is 21.6 Å². The van der Waals surface area contributed by atoms with Gasteiger partial charge in [-0.25, -0.2) is 8.42 Å². The predicted molar refractivity (Wildman–Crippen MR) is 80.9 cm³/mol. The minimum Gasteiger partial charge on any atom is -0.494 e. The molecule has 1 atom stereocenters. The van der Waals surface area contributed by atoms with E-state index in [0.717, 1.165) is 6.07 Å². The van der Waals surface area contributed by atoms with Gasteiger partial charge in [0.2, 0.25) is 10.0 Å². The molecule has 0 aromatic heterocycles. The quantitative estimate of drug-likeness (QED) is 0.716. The SMILES string of the molecule is C#CCC(NS(=O)(=O)c1cc(Cl)cc(Br)c1OC)C(=O)O. The minimum absolute atomic E-state index is 0.0109. The van der Waals surface area contributed by atoms with Gasteiger partial charge in [0.05, 0.1) is 11.6 Å². The van der Waals surface area contributed by atoms with E-state index in [0.29, 0.717) is 4.47 Å². The van der Waals surface area contributed by atoms with Crippen LogP contribution in [0.25, 0.3) is 0 Å². The van der Waals surface area contributed by atoms with Crippen LogP contribution in [0.15, 0.2) is 21.5 Å². The lowest BCUT2D eigenvalue weighted by Crippen LogP contribution is -2.40. The molecule has 2 N–H and O–H groups in total. The summed E-state index contributed by atoms with van der Waals surface area (Å²) in [5.74, 6) is 0.733. The summed E-state index contributed by atoms with van der Waals surface area (Å²) in [6.07, 6.45) is 4.73. The summed E-state index contributed by atoms with van der Waals surface area (Å²) in [5.41, 5.74) is 0. The van der Waals surface area contributed by atoms with E-state index in [1.54, 1.807) is 0 Å². The van der Waals surface area contributed by atoms with Crippen molar-refractivity contribution in [3.8, 4) is 18.1 Å². The minimum atomic E-state index is -4.18. The van der Waals surface area contributed by atoms with Crippen molar-refractivity contribution in [2.75, 3.05) is 7.11 Å². The number of sulfonamides is 1. The van der Waals surface area contributed by atoms with Crippen LogP contribution in [0.2, 0.25) is 5.02 Å². The summed E-state index contributed by atoms with van der Waals surface area (Å²) in [7, 11) is -2.90. The molecule has 114 valence electrons. The molecule has 9 heteroatoms. The lowest BCUT2D eigenvalue weighted by atomic mass is 10.2. The largest absolute Gasteiger partial charge is 0.494 e. The molecule has 0 saturated heterocycles. The molecular weight excluding hydrogens is 386 g/mol. The first-order valence-corrected chi connectivity index (χ1v) is 8.10. The second kappa shape index (κ2) is 7.13. The van der Waals surface area contributed by atoms with Crippen LogP contribution < -0.4 is 9.46 Å². The standard InChI is InChI=1S/C12H11BrClNO5S/c1-3-4-9(12(16)17)15-21(18,19)10-6-7(14)5-8(13)11(10)20-2/h1,5-6,9,15H,4H2,2H3,(H,16,17). The van der Waals surface area contributed by atoms with Crippen molar-refractivity contribution in [3.63, 3.8) is 0 Å². The highest BCUT2D eigenvalue weighted by molar-refractivity contribution is 9.10. The number of nitrogens with one attached hydrogen (secondary N) is 1. The summed E-state index contributed by atoms with van der Waals surface area (Å²) in [6, 6.07) is 1.17. The number of aliphatic carboxylic acids is 1. The third-order valence-electron chi connectivity index (χ3n) is 2.39. The lowest BCUT2D eigenvalue weighted by Gasteiger charge is -2.15. The maximum Gasteiger partial charge on any atom is 0.322 e. The number of carboxylic acids is 1. The number of terminal acetylenes is 1. The Kier molecular flexibility index (Phi) is 6.04. The van der Waals surface area contributed by atoms with E-state index in [9.17, 15) is 13.2 Å². The van der Waals surface area contributed by atoms with E-state index in [1.165, 1.54) is 13.2 Å². The number of carboxylic acid groups (broad SMARTS) is 1. The van der Waals surface area contributed by atoms with Crippen LogP contribution in [0.4, 0.5) is 0 Å². The maximum atomic E-state index is 12.3. The second-order valence-electron chi connectivity index (χ2n) is 3.84. The molecule has 0 aliphatic carbocycles. The maximum absolute atomic E-state index is 12.3. The number of halogens is 2. The number of hydrogen-bond donors (Lipinski definition) is 2. The fraction of sp³-hybridized carbons (Fsp3) is 0.250. The Morgan fingerprint density at radius 1 is 1.62 bits per heavy atom. The summed E-state index contributed by atoms with van der Waals surface area (Å²) in [4.78, 5) is 10.7. The molecule has 1 aromatic carbocycles. The molecule has 21 heavy (non-hydrogen) atoms. The molecule has 0 spiro atoms. The van der Waals surface area contributed by atoms with Gasteiger partial charge in [0.25, 0.3) is 0 Å². The first-order valence-electron chi connectivity index (χ1n) is 5.44. The number of rotatable bonds is 6. The summed E-state index contributed by atoms with van der Waals surface area (Å²) in [5, 5.41) is 9.11. The Bertz CT molecular complexity index is 698. The van der Waals surface area contributed by atoms with Crippen LogP contribution in [-0.2, 0) is 14.8 Å². The van der Waals surface area contributed by atoms with Gasteiger partial charge in [-0.2, -0.15) is 4.72 Å². The van der Waals surface area contributed by atoms with Gasteiger partial charge < -0.3 is 9.84 Å². The van der Waals surface area contributed by atoms with Gasteiger partial charge in [0.1, 0.15) is 10.9 Å². The number of ether oxygens (including phenoxy) is 1. The molecule has 0 radical (unpaired) electrons. The molecule has 1 rings (SSSR count). The Morgan fingerprint density at radius 3 is 2.71 bits per heavy atom. The van der Waals surface area contributed by atoms with Crippen LogP contribution >= 0.6 is 27.5 Å². The molecule has 0 aliphatic rings. The van der Waals surface area contributed by atoms with Crippen molar-refractivity contribution in [1.29, 1.82) is 0 Å². The van der Waals surface area contributed by atoms with Crippen molar-refractivity contribution >= 4 is 43.5 Å². The number of carbonyl (C=O) groups is 1. The van der Waals surface area contributed by atoms with E-state index in [4.69, 9.17) is 27.9 Å². The molecule has 1 unspecified atom stereocenters. The zero-order chi connectivity index (χ0) is 16.2. The van der Waals surface area contributed by atoms with Crippen LogP contribution in [0, 0.1) is 12.3 Å². The number of methoxy groups -OCH3 is 1. The van der Waals surface area contributed by atoms with Gasteiger partial charge in [-0.3, -0.25) is 4.79 Å². The molecule has 6 nitrogen and oxygen atoms in total. The molecule has 0 fully saturated rings. The predicted octanol–water partition coefficient (Wildman–Crippen LogP) is 1.87. The van der Waals surface area contributed by atoms with Gasteiger partial charge in [-0.15, -0.1) is 12.3 Å². The van der Waals surface area contributed by atoms with Crippen molar-refractivity contribution in [2.24, 2.45) is 0 Å². The van der Waals surface area contributed by atoms with Gasteiger partial charge in [0, 0.05) is 11.4 Å². The van der Waals surface area contributed by atoms with Gasteiger partial charge in [-0.1, -0.05) is 11.6 Å². The summed E-state index contributed by atoms with van der Waals surface area (Å²) < 4.78 is 31.9. The average molecular weight is 397 g/mol. The fourth-order valence-corrected chi connectivity index (χ4v) is 4.06. The van der Waals surface area contributed by atoms with E-state index in [2.05, 4.69) is 21.9 Å². The third kappa shape index (κ3) is 4.35. The number of hydrogen-bond acceptors (Lipinski definition) is 4. The van der Waals surface area contributed by atoms with Crippen LogP contribution in [0.3, 0.4) is 0 Å². The van der Waals surface area contributed by atoms with E-state index >= 15 is 0 Å². The van der Waals surface area contributed by atoms with Gasteiger partial charge >= 0.3 is 5.97 Å². The van der Waals surface area contributed by atoms with Crippen LogP contribution in [-0.4, -0.2) is 32.6 Å². The highest BCUT2D eigenvalue weighted by Crippen LogP contribution is 2.35. The van der Waals surface area contributed by atoms with Crippen LogP contribution in [0.1, 0.15) is 6.42 Å². The topological polar surface area (TPSA) is 92.7 Å². The van der Waals surface area contributed by atoms with E-state index < -0.39 is 22.0 Å². The lowest BCUT2D eigenvalue weighted by molar-refractivity contribution is -0.138. The monoisotopic (exact) mass is 395 g/mol. The Hall–Kier alpha value is -1.27. The van der Waals surface area contributed by atoms with Crippen molar-refractivity contribution in [2.45, 2.75) is 17.4 Å². The van der Waals surface area contributed by atoms with E-state index in [-0.39, 0.29) is 22.1 Å². The molecule has 0 aliphatic heterocycles. The normalized spacial score (nSPS) is 12.5. The molecular formula is C12H11BrClNO5S. The molecule has 0 amide bonds. The molecule has 0 bridgehead atoms. The Balaban J connectivity index is 3.31. The van der Waals surface area contributed by atoms with Crippen molar-refractivity contribution < 1.29 is 23.1 Å². The highest BCUT2D eigenvalue weighted by atomic mass is 79.9. The molecule has 0 saturated carbocycles. The van der Waals surface area contributed by atoms with E-state index in [1.807, 2.05) is 4.72 Å². The third-order valence-corrected chi connectivity index (χ3v) is 4.67. The molecule has 1 aromatic rings.